The Balaban J connectivity index is 2.37. The number of rotatable bonds is 2. The largest absolute Gasteiger partial charge is 0.327 e. The molecule has 0 spiro atoms. The minimum atomic E-state index is 0.177. The highest BCUT2D eigenvalue weighted by atomic mass is 79.9. The lowest BCUT2D eigenvalue weighted by Crippen LogP contribution is -2.45. The Labute approximate surface area is 94.6 Å². The van der Waals surface area contributed by atoms with E-state index in [2.05, 4.69) is 22.9 Å². The van der Waals surface area contributed by atoms with Crippen molar-refractivity contribution < 1.29 is 4.79 Å². The minimum Gasteiger partial charge on any atom is -0.327 e. The van der Waals surface area contributed by atoms with Crippen LogP contribution >= 0.6 is 15.9 Å². The van der Waals surface area contributed by atoms with Gasteiger partial charge < -0.3 is 9.80 Å². The molecule has 2 amide bonds. The first-order valence-electron chi connectivity index (χ1n) is 5.21. The van der Waals surface area contributed by atoms with Gasteiger partial charge in [-0.2, -0.15) is 0 Å². The van der Waals surface area contributed by atoms with Gasteiger partial charge in [0.2, 0.25) is 0 Å². The van der Waals surface area contributed by atoms with Crippen LogP contribution in [0, 0.1) is 5.92 Å². The van der Waals surface area contributed by atoms with Gasteiger partial charge in [0.15, 0.2) is 0 Å². The Morgan fingerprint density at radius 3 is 2.57 bits per heavy atom. The maximum absolute atomic E-state index is 11.8. The lowest BCUT2D eigenvalue weighted by molar-refractivity contribution is 0.145. The topological polar surface area (TPSA) is 23.6 Å². The van der Waals surface area contributed by atoms with E-state index in [4.69, 9.17) is 0 Å². The third-order valence-corrected chi connectivity index (χ3v) is 3.16. The molecule has 0 aromatic carbocycles. The summed E-state index contributed by atoms with van der Waals surface area (Å²) in [7, 11) is 1.86. The third kappa shape index (κ3) is 3.15. The van der Waals surface area contributed by atoms with Gasteiger partial charge in [0.1, 0.15) is 0 Å². The van der Waals surface area contributed by atoms with Crippen LogP contribution in [0.5, 0.6) is 0 Å². The van der Waals surface area contributed by atoms with E-state index in [9.17, 15) is 4.79 Å². The summed E-state index contributed by atoms with van der Waals surface area (Å²) in [6, 6.07) is 0.177. The first-order chi connectivity index (χ1) is 6.65. The van der Waals surface area contributed by atoms with E-state index in [1.165, 1.54) is 0 Å². The monoisotopic (exact) mass is 262 g/mol. The van der Waals surface area contributed by atoms with Crippen LogP contribution in [0.4, 0.5) is 4.79 Å². The Morgan fingerprint density at radius 2 is 2.07 bits per heavy atom. The fourth-order valence-electron chi connectivity index (χ4n) is 1.66. The molecule has 0 unspecified atom stereocenters. The number of carbonyl (C=O) groups excluding carboxylic acids is 1. The molecule has 82 valence electrons. The van der Waals surface area contributed by atoms with Crippen molar-refractivity contribution in [2.24, 2.45) is 5.92 Å². The van der Waals surface area contributed by atoms with Gasteiger partial charge >= 0.3 is 6.03 Å². The number of hydrogen-bond acceptors (Lipinski definition) is 1. The zero-order valence-electron chi connectivity index (χ0n) is 9.00. The van der Waals surface area contributed by atoms with Gasteiger partial charge in [-0.25, -0.2) is 4.79 Å². The van der Waals surface area contributed by atoms with Crippen LogP contribution < -0.4 is 0 Å². The lowest BCUT2D eigenvalue weighted by Gasteiger charge is -2.33. The van der Waals surface area contributed by atoms with Crippen LogP contribution in [0.25, 0.3) is 0 Å². The minimum absolute atomic E-state index is 0.177. The molecule has 14 heavy (non-hydrogen) atoms. The van der Waals surface area contributed by atoms with Crippen LogP contribution in [0.3, 0.4) is 0 Å². The fraction of sp³-hybridized carbons (Fsp3) is 0.900. The van der Waals surface area contributed by atoms with Crippen molar-refractivity contribution in [1.82, 2.24) is 9.80 Å². The molecule has 1 rings (SSSR count). The molecule has 0 radical (unpaired) electrons. The smallest absolute Gasteiger partial charge is 0.319 e. The summed E-state index contributed by atoms with van der Waals surface area (Å²) < 4.78 is 0. The summed E-state index contributed by atoms with van der Waals surface area (Å²) >= 11 is 3.34. The average molecular weight is 263 g/mol. The van der Waals surface area contributed by atoms with Gasteiger partial charge in [-0.05, 0) is 18.8 Å². The molecule has 4 heteroatoms. The van der Waals surface area contributed by atoms with E-state index >= 15 is 0 Å². The Bertz CT molecular complexity index is 191. The quantitative estimate of drug-likeness (QED) is 0.700. The predicted molar refractivity (Wildman–Crippen MR) is 61.8 cm³/mol. The van der Waals surface area contributed by atoms with E-state index in [-0.39, 0.29) is 6.03 Å². The van der Waals surface area contributed by atoms with E-state index < -0.39 is 0 Å². The summed E-state index contributed by atoms with van der Waals surface area (Å²) in [5.41, 5.74) is 0. The summed E-state index contributed by atoms with van der Waals surface area (Å²) in [5.74, 6) is 0.778. The van der Waals surface area contributed by atoms with Crippen molar-refractivity contribution in [3.05, 3.63) is 0 Å². The molecule has 1 saturated heterocycles. The van der Waals surface area contributed by atoms with Crippen molar-refractivity contribution in [3.8, 4) is 0 Å². The van der Waals surface area contributed by atoms with Gasteiger partial charge in [-0.15, -0.1) is 0 Å². The second-order valence-electron chi connectivity index (χ2n) is 4.06. The Hall–Kier alpha value is -0.250. The number of carbonyl (C=O) groups is 1. The summed E-state index contributed by atoms with van der Waals surface area (Å²) in [4.78, 5) is 15.6. The molecule has 0 bridgehead atoms. The Morgan fingerprint density at radius 1 is 1.50 bits per heavy atom. The van der Waals surface area contributed by atoms with E-state index in [0.717, 1.165) is 43.7 Å². The lowest BCUT2D eigenvalue weighted by atomic mass is 10.00. The van der Waals surface area contributed by atoms with Gasteiger partial charge in [-0.3, -0.25) is 0 Å². The highest BCUT2D eigenvalue weighted by Crippen LogP contribution is 2.16. The van der Waals surface area contributed by atoms with Crippen LogP contribution in [-0.2, 0) is 0 Å². The van der Waals surface area contributed by atoms with E-state index in [1.54, 1.807) is 4.90 Å². The van der Waals surface area contributed by atoms with Crippen LogP contribution in [0.15, 0.2) is 0 Å². The van der Waals surface area contributed by atoms with Crippen molar-refractivity contribution in [3.63, 3.8) is 0 Å². The number of likely N-dealkylation sites (tertiary alicyclic amines) is 1. The SMILES string of the molecule is CC1CCN(C(=O)N(C)CCBr)CC1. The molecule has 0 saturated carbocycles. The molecule has 0 aromatic rings. The second-order valence-corrected chi connectivity index (χ2v) is 4.86. The highest BCUT2D eigenvalue weighted by Gasteiger charge is 2.22. The van der Waals surface area contributed by atoms with Gasteiger partial charge in [0.25, 0.3) is 0 Å². The molecule has 1 aliphatic heterocycles. The third-order valence-electron chi connectivity index (χ3n) is 2.80. The first-order valence-corrected chi connectivity index (χ1v) is 6.33. The maximum Gasteiger partial charge on any atom is 0.319 e. The molecule has 1 heterocycles. The number of halogens is 1. The molecule has 3 nitrogen and oxygen atoms in total. The number of hydrogen-bond donors (Lipinski definition) is 0. The number of nitrogens with zero attached hydrogens (tertiary/aromatic N) is 2. The summed E-state index contributed by atoms with van der Waals surface area (Å²) in [6.07, 6.45) is 2.29. The zero-order valence-corrected chi connectivity index (χ0v) is 10.6. The molecule has 0 aliphatic carbocycles. The highest BCUT2D eigenvalue weighted by molar-refractivity contribution is 9.09. The van der Waals surface area contributed by atoms with E-state index in [0.29, 0.717) is 0 Å². The van der Waals surface area contributed by atoms with Gasteiger partial charge in [0, 0.05) is 32.0 Å². The number of urea groups is 1. The molecule has 1 fully saturated rings. The first kappa shape index (κ1) is 11.8. The number of alkyl halides is 1. The normalized spacial score (nSPS) is 18.4. The molecular weight excluding hydrogens is 244 g/mol. The molecule has 0 atom stereocenters. The molecular formula is C10H19BrN2O. The standard InChI is InChI=1S/C10H19BrN2O/c1-9-3-6-13(7-4-9)10(14)12(2)8-5-11/h9H,3-8H2,1-2H3. The van der Waals surface area contributed by atoms with Crippen molar-refractivity contribution in [1.29, 1.82) is 0 Å². The number of piperidine rings is 1. The van der Waals surface area contributed by atoms with Crippen molar-refractivity contribution in [2.75, 3.05) is 32.0 Å². The predicted octanol–water partition coefficient (Wildman–Crippen LogP) is 2.17. The Kier molecular flexibility index (Phi) is 4.72. The molecule has 0 aromatic heterocycles. The number of amides is 2. The summed E-state index contributed by atoms with van der Waals surface area (Å²) in [6.45, 7) is 4.88. The van der Waals surface area contributed by atoms with Crippen LogP contribution in [0.1, 0.15) is 19.8 Å². The fourth-order valence-corrected chi connectivity index (χ4v) is 2.20. The second kappa shape index (κ2) is 5.59. The van der Waals surface area contributed by atoms with E-state index in [1.807, 2.05) is 11.9 Å². The van der Waals surface area contributed by atoms with Crippen molar-refractivity contribution in [2.45, 2.75) is 19.8 Å². The van der Waals surface area contributed by atoms with Gasteiger partial charge in [-0.1, -0.05) is 22.9 Å². The summed E-state index contributed by atoms with van der Waals surface area (Å²) in [5, 5.41) is 0.847. The van der Waals surface area contributed by atoms with Crippen LogP contribution in [-0.4, -0.2) is 47.8 Å². The maximum atomic E-state index is 11.8. The van der Waals surface area contributed by atoms with Crippen LogP contribution in [0.2, 0.25) is 0 Å². The average Bonchev–Trinajstić information content (AvgIpc) is 2.18. The van der Waals surface area contributed by atoms with Crippen molar-refractivity contribution >= 4 is 22.0 Å². The molecule has 0 N–H and O–H groups in total. The zero-order chi connectivity index (χ0) is 10.6. The molecule has 1 aliphatic rings. The van der Waals surface area contributed by atoms with Gasteiger partial charge in [0.05, 0.1) is 0 Å².